The third-order valence-corrected chi connectivity index (χ3v) is 12.8. The van der Waals surface area contributed by atoms with E-state index in [0.717, 1.165) is 28.9 Å². The predicted molar refractivity (Wildman–Crippen MR) is 232 cm³/mol. The van der Waals surface area contributed by atoms with Crippen molar-refractivity contribution >= 4 is 44.8 Å². The molecule has 0 saturated heterocycles. The van der Waals surface area contributed by atoms with Gasteiger partial charge in [-0.05, 0) is 67.7 Å². The van der Waals surface area contributed by atoms with Crippen LogP contribution in [0, 0.1) is 24.5 Å². The first-order valence-corrected chi connectivity index (χ1v) is 22.7. The summed E-state index contributed by atoms with van der Waals surface area (Å²) in [6, 6.07) is 51.3. The van der Waals surface area contributed by atoms with Crippen LogP contribution in [0.4, 0.5) is 0 Å². The van der Waals surface area contributed by atoms with Crippen LogP contribution in [0.2, 0.25) is 19.6 Å². The number of thiophene rings is 1. The van der Waals surface area contributed by atoms with Crippen molar-refractivity contribution in [1.29, 1.82) is 0 Å². The van der Waals surface area contributed by atoms with E-state index in [9.17, 15) is 0 Å². The largest absolute Gasteiger partial charge is 0.305 e. The van der Waals surface area contributed by atoms with E-state index in [0.29, 0.717) is 0 Å². The molecule has 0 atom stereocenters. The molecule has 0 bridgehead atoms. The van der Waals surface area contributed by atoms with Crippen molar-refractivity contribution in [3.8, 4) is 44.8 Å². The minimum absolute atomic E-state index is 0. The van der Waals surface area contributed by atoms with Crippen molar-refractivity contribution in [3.63, 3.8) is 0 Å². The smallest absolute Gasteiger partial charge is 0.0798 e. The molecule has 3 heterocycles. The Hall–Kier alpha value is -4.51. The molecule has 5 aromatic carbocycles. The van der Waals surface area contributed by atoms with Crippen molar-refractivity contribution < 1.29 is 20.1 Å². The molecule has 0 saturated carbocycles. The zero-order valence-corrected chi connectivity index (χ0v) is 36.3. The van der Waals surface area contributed by atoms with Gasteiger partial charge in [0.1, 0.15) is 0 Å². The van der Waals surface area contributed by atoms with Crippen LogP contribution in [0.1, 0.15) is 31.9 Å². The van der Waals surface area contributed by atoms with Crippen LogP contribution < -0.4 is 5.19 Å². The predicted octanol–water partition coefficient (Wildman–Crippen LogP) is 13.2. The number of rotatable bonds is 6. The summed E-state index contributed by atoms with van der Waals surface area (Å²) in [4.78, 5) is 9.50. The molecule has 54 heavy (non-hydrogen) atoms. The van der Waals surface area contributed by atoms with Crippen LogP contribution in [-0.4, -0.2) is 18.0 Å². The quantitative estimate of drug-likeness (QED) is 0.123. The van der Waals surface area contributed by atoms with Gasteiger partial charge in [0, 0.05) is 42.8 Å². The first kappa shape index (κ1) is 39.2. The van der Waals surface area contributed by atoms with Gasteiger partial charge in [-0.2, -0.15) is 11.3 Å². The molecular formula is C49H46IrN2SSi-2. The number of aryl methyl sites for hydroxylation is 1. The topological polar surface area (TPSA) is 25.8 Å². The van der Waals surface area contributed by atoms with E-state index in [4.69, 9.17) is 9.97 Å². The van der Waals surface area contributed by atoms with Crippen LogP contribution in [-0.2, 0) is 26.5 Å². The maximum absolute atomic E-state index is 4.79. The summed E-state index contributed by atoms with van der Waals surface area (Å²) in [6.07, 6.45) is 5.19. The van der Waals surface area contributed by atoms with E-state index in [1.165, 1.54) is 58.7 Å². The fourth-order valence-electron chi connectivity index (χ4n) is 6.95. The van der Waals surface area contributed by atoms with Gasteiger partial charge in [-0.15, -0.1) is 59.7 Å². The maximum Gasteiger partial charge on any atom is 0.0798 e. The van der Waals surface area contributed by atoms with E-state index >= 15 is 0 Å². The Morgan fingerprint density at radius 2 is 1.30 bits per heavy atom. The molecule has 0 unspecified atom stereocenters. The third-order valence-electron chi connectivity index (χ3n) is 9.49. The summed E-state index contributed by atoms with van der Waals surface area (Å²) in [5, 5.41) is 4.04. The van der Waals surface area contributed by atoms with Crippen molar-refractivity contribution in [2.75, 3.05) is 0 Å². The third kappa shape index (κ3) is 8.88. The van der Waals surface area contributed by atoms with Gasteiger partial charge in [-0.1, -0.05) is 142 Å². The molecule has 3 aromatic heterocycles. The number of pyridine rings is 2. The SMILES string of the molecule is CC(C)(C)Cc1cc(-c2[c-]cccc2)ncc1[Si](C)(C)C.Cc1cc(-c2[c-]cc3sc4c(-c5ccccc5)cccc4c3c2)ncc1-c1ccccc1.[Ir]. The molecule has 2 nitrogen and oxygen atoms in total. The molecule has 5 heteroatoms. The molecule has 273 valence electrons. The standard InChI is InChI=1S/C30H20NS.C19H26NSi.Ir/c1-20-17-28(31-19-27(20)22-11-6-3-7-12-22)23-15-16-29-26(18-23)25-14-8-13-24(30(25)32-29)21-9-4-2-5-10-21;1-19(2,3)13-16-12-17(15-10-8-7-9-11-15)20-14-18(16)21(4,5)6;/h2-14,16-19H,1H3;7-10,12,14H,13H2,1-6H3;/q2*-1;. The molecule has 0 aliphatic rings. The Bertz CT molecular complexity index is 2500. The minimum atomic E-state index is -1.37. The fraction of sp³-hybridized carbons (Fsp3) is 0.184. The summed E-state index contributed by atoms with van der Waals surface area (Å²) in [7, 11) is -1.37. The van der Waals surface area contributed by atoms with Gasteiger partial charge in [-0.3, -0.25) is 0 Å². The van der Waals surface area contributed by atoms with E-state index in [-0.39, 0.29) is 25.5 Å². The molecule has 0 N–H and O–H groups in total. The number of benzene rings is 5. The average molecular weight is 915 g/mol. The zero-order valence-electron chi connectivity index (χ0n) is 32.1. The molecule has 8 rings (SSSR count). The van der Waals surface area contributed by atoms with Gasteiger partial charge >= 0.3 is 0 Å². The Balaban J connectivity index is 0.000000198. The van der Waals surface area contributed by atoms with Gasteiger partial charge in [0.2, 0.25) is 0 Å². The molecule has 0 aliphatic carbocycles. The molecule has 0 fully saturated rings. The second-order valence-electron chi connectivity index (χ2n) is 16.0. The normalized spacial score (nSPS) is 11.5. The Kier molecular flexibility index (Phi) is 11.9. The number of nitrogens with zero attached hydrogens (tertiary/aromatic N) is 2. The van der Waals surface area contributed by atoms with Gasteiger partial charge < -0.3 is 9.97 Å². The van der Waals surface area contributed by atoms with Gasteiger partial charge in [0.15, 0.2) is 0 Å². The van der Waals surface area contributed by atoms with Crippen LogP contribution in [0.25, 0.3) is 64.9 Å². The van der Waals surface area contributed by atoms with Crippen molar-refractivity contribution in [1.82, 2.24) is 9.97 Å². The molecular weight excluding hydrogens is 869 g/mol. The molecule has 1 radical (unpaired) electrons. The van der Waals surface area contributed by atoms with E-state index in [2.05, 4.69) is 169 Å². The van der Waals surface area contributed by atoms with Crippen LogP contribution in [0.15, 0.2) is 140 Å². The molecule has 0 aliphatic heterocycles. The van der Waals surface area contributed by atoms with E-state index in [1.54, 1.807) is 0 Å². The number of hydrogen-bond donors (Lipinski definition) is 0. The first-order chi connectivity index (χ1) is 25.4. The number of fused-ring (bicyclic) bond motifs is 3. The summed E-state index contributed by atoms with van der Waals surface area (Å²) >= 11 is 1.84. The van der Waals surface area contributed by atoms with Crippen LogP contribution in [0.3, 0.4) is 0 Å². The van der Waals surface area contributed by atoms with Crippen molar-refractivity contribution in [2.24, 2.45) is 5.41 Å². The Labute approximate surface area is 339 Å². The van der Waals surface area contributed by atoms with E-state index < -0.39 is 8.07 Å². The number of hydrogen-bond acceptors (Lipinski definition) is 3. The van der Waals surface area contributed by atoms with Gasteiger partial charge in [0.05, 0.1) is 8.07 Å². The van der Waals surface area contributed by atoms with Crippen LogP contribution in [0.5, 0.6) is 0 Å². The molecule has 8 aromatic rings. The monoisotopic (exact) mass is 915 g/mol. The van der Waals surface area contributed by atoms with Gasteiger partial charge in [0.25, 0.3) is 0 Å². The summed E-state index contributed by atoms with van der Waals surface area (Å²) in [6.45, 7) is 16.2. The number of aromatic nitrogens is 2. The van der Waals surface area contributed by atoms with Gasteiger partial charge in [-0.25, -0.2) is 0 Å². The second-order valence-corrected chi connectivity index (χ2v) is 22.1. The van der Waals surface area contributed by atoms with Crippen LogP contribution >= 0.6 is 11.3 Å². The second kappa shape index (κ2) is 16.5. The zero-order chi connectivity index (χ0) is 37.2. The van der Waals surface area contributed by atoms with Crippen molar-refractivity contribution in [3.05, 3.63) is 163 Å². The summed E-state index contributed by atoms with van der Waals surface area (Å²) < 4.78 is 2.58. The maximum atomic E-state index is 4.79. The Morgan fingerprint density at radius 1 is 0.648 bits per heavy atom. The summed E-state index contributed by atoms with van der Waals surface area (Å²) in [5.74, 6) is 0. The molecule has 0 amide bonds. The first-order valence-electron chi connectivity index (χ1n) is 18.4. The average Bonchev–Trinajstić information content (AvgIpc) is 3.53. The van der Waals surface area contributed by atoms with E-state index in [1.807, 2.05) is 41.8 Å². The van der Waals surface area contributed by atoms with Crippen molar-refractivity contribution in [2.45, 2.75) is 53.8 Å². The fourth-order valence-corrected chi connectivity index (χ4v) is 9.72. The summed E-state index contributed by atoms with van der Waals surface area (Å²) in [5.41, 5.74) is 12.0. The minimum Gasteiger partial charge on any atom is -0.305 e. The Morgan fingerprint density at radius 3 is 1.93 bits per heavy atom. The molecule has 0 spiro atoms.